The maximum Gasteiger partial charge on any atom is 0.0962 e. The Bertz CT molecular complexity index is 171. The summed E-state index contributed by atoms with van der Waals surface area (Å²) in [4.78, 5) is 0. The zero-order valence-electron chi connectivity index (χ0n) is 8.86. The first-order valence-electron chi connectivity index (χ1n) is 5.28. The zero-order valence-corrected chi connectivity index (χ0v) is 8.86. The van der Waals surface area contributed by atoms with Gasteiger partial charge in [0, 0.05) is 12.0 Å². The van der Waals surface area contributed by atoms with Crippen molar-refractivity contribution in [2.75, 3.05) is 19.7 Å². The molecule has 1 heterocycles. The van der Waals surface area contributed by atoms with Gasteiger partial charge in [0.05, 0.1) is 12.4 Å². The Balaban J connectivity index is 2.60. The molecule has 0 radical (unpaired) electrons. The third kappa shape index (κ3) is 2.25. The van der Waals surface area contributed by atoms with Crippen LogP contribution in [0.2, 0.25) is 0 Å². The zero-order chi connectivity index (χ0) is 9.73. The van der Waals surface area contributed by atoms with Gasteiger partial charge in [0.1, 0.15) is 0 Å². The highest BCUT2D eigenvalue weighted by Crippen LogP contribution is 2.38. The predicted molar refractivity (Wildman–Crippen MR) is 55.6 cm³/mol. The number of hydrogen-bond donors (Lipinski definition) is 1. The quantitative estimate of drug-likeness (QED) is 0.660. The Kier molecular flexibility index (Phi) is 3.79. The molecule has 0 aromatic rings. The van der Waals surface area contributed by atoms with Crippen LogP contribution in [0.4, 0.5) is 0 Å². The third-order valence-corrected chi connectivity index (χ3v) is 2.88. The lowest BCUT2D eigenvalue weighted by Gasteiger charge is -2.29. The van der Waals surface area contributed by atoms with E-state index in [0.29, 0.717) is 0 Å². The number of rotatable bonds is 5. The van der Waals surface area contributed by atoms with Gasteiger partial charge in [-0.3, -0.25) is 0 Å². The van der Waals surface area contributed by atoms with Crippen LogP contribution in [-0.4, -0.2) is 19.7 Å². The van der Waals surface area contributed by atoms with Crippen LogP contribution >= 0.6 is 0 Å². The standard InChI is InChI=1S/C11H21NO/c1-4-6-11(7-8-12-9-11)10(3)13-5-2/h12H,3-9H2,1-2H3. The largest absolute Gasteiger partial charge is 0.498 e. The molecule has 1 N–H and O–H groups in total. The third-order valence-electron chi connectivity index (χ3n) is 2.88. The molecule has 0 amide bonds. The molecule has 13 heavy (non-hydrogen) atoms. The van der Waals surface area contributed by atoms with Crippen LogP contribution in [0.3, 0.4) is 0 Å². The van der Waals surface area contributed by atoms with E-state index in [9.17, 15) is 0 Å². The molecule has 1 unspecified atom stereocenters. The van der Waals surface area contributed by atoms with Crippen molar-refractivity contribution in [1.29, 1.82) is 0 Å². The van der Waals surface area contributed by atoms with Crippen molar-refractivity contribution in [3.63, 3.8) is 0 Å². The Morgan fingerprint density at radius 3 is 2.77 bits per heavy atom. The topological polar surface area (TPSA) is 21.3 Å². The van der Waals surface area contributed by atoms with Gasteiger partial charge in [0.25, 0.3) is 0 Å². The highest BCUT2D eigenvalue weighted by atomic mass is 16.5. The van der Waals surface area contributed by atoms with E-state index in [1.54, 1.807) is 0 Å². The van der Waals surface area contributed by atoms with Crippen molar-refractivity contribution in [2.24, 2.45) is 5.41 Å². The van der Waals surface area contributed by atoms with E-state index in [2.05, 4.69) is 18.8 Å². The van der Waals surface area contributed by atoms with Crippen molar-refractivity contribution in [1.82, 2.24) is 5.32 Å². The predicted octanol–water partition coefficient (Wildman–Crippen LogP) is 2.32. The summed E-state index contributed by atoms with van der Waals surface area (Å²) in [6.45, 7) is 11.2. The van der Waals surface area contributed by atoms with Gasteiger partial charge in [-0.2, -0.15) is 0 Å². The first-order valence-corrected chi connectivity index (χ1v) is 5.28. The normalized spacial score (nSPS) is 27.5. The Morgan fingerprint density at radius 1 is 1.54 bits per heavy atom. The van der Waals surface area contributed by atoms with Crippen LogP contribution in [0.5, 0.6) is 0 Å². The average Bonchev–Trinajstić information content (AvgIpc) is 2.55. The van der Waals surface area contributed by atoms with Crippen LogP contribution in [-0.2, 0) is 4.74 Å². The lowest BCUT2D eigenvalue weighted by molar-refractivity contribution is 0.138. The summed E-state index contributed by atoms with van der Waals surface area (Å²) < 4.78 is 5.55. The van der Waals surface area contributed by atoms with E-state index in [-0.39, 0.29) is 5.41 Å². The molecule has 0 aliphatic carbocycles. The van der Waals surface area contributed by atoms with Gasteiger partial charge in [-0.15, -0.1) is 0 Å². The maximum absolute atomic E-state index is 5.55. The molecule has 76 valence electrons. The van der Waals surface area contributed by atoms with Crippen LogP contribution in [0, 0.1) is 5.41 Å². The highest BCUT2D eigenvalue weighted by Gasteiger charge is 2.36. The van der Waals surface area contributed by atoms with Gasteiger partial charge in [0.15, 0.2) is 0 Å². The molecular weight excluding hydrogens is 162 g/mol. The van der Waals surface area contributed by atoms with Crippen molar-refractivity contribution in [3.05, 3.63) is 12.3 Å². The summed E-state index contributed by atoms with van der Waals surface area (Å²) >= 11 is 0. The van der Waals surface area contributed by atoms with E-state index in [0.717, 1.165) is 25.5 Å². The molecule has 1 atom stereocenters. The van der Waals surface area contributed by atoms with Crippen LogP contribution in [0.15, 0.2) is 12.3 Å². The summed E-state index contributed by atoms with van der Waals surface area (Å²) in [7, 11) is 0. The summed E-state index contributed by atoms with van der Waals surface area (Å²) in [5.74, 6) is 0.988. The van der Waals surface area contributed by atoms with E-state index in [4.69, 9.17) is 4.74 Å². The fourth-order valence-corrected chi connectivity index (χ4v) is 2.14. The van der Waals surface area contributed by atoms with Crippen LogP contribution in [0.1, 0.15) is 33.1 Å². The van der Waals surface area contributed by atoms with E-state index in [1.807, 2.05) is 6.92 Å². The van der Waals surface area contributed by atoms with E-state index >= 15 is 0 Å². The molecule has 1 aliphatic heterocycles. The van der Waals surface area contributed by atoms with Gasteiger partial charge in [0.2, 0.25) is 0 Å². The molecule has 1 fully saturated rings. The summed E-state index contributed by atoms with van der Waals surface area (Å²) in [5.41, 5.74) is 0.227. The molecule has 1 rings (SSSR count). The Hall–Kier alpha value is -0.500. The summed E-state index contributed by atoms with van der Waals surface area (Å²) in [6.07, 6.45) is 3.58. The highest BCUT2D eigenvalue weighted by molar-refractivity contribution is 5.08. The molecule has 1 saturated heterocycles. The van der Waals surface area contributed by atoms with Crippen LogP contribution < -0.4 is 5.32 Å². The second kappa shape index (κ2) is 4.66. The van der Waals surface area contributed by atoms with Crippen molar-refractivity contribution < 1.29 is 4.74 Å². The maximum atomic E-state index is 5.55. The van der Waals surface area contributed by atoms with Gasteiger partial charge in [-0.1, -0.05) is 19.9 Å². The average molecular weight is 183 g/mol. The lowest BCUT2D eigenvalue weighted by Crippen LogP contribution is -2.27. The Labute approximate surface area is 81.4 Å². The van der Waals surface area contributed by atoms with E-state index in [1.165, 1.54) is 19.3 Å². The molecule has 0 saturated carbocycles. The molecule has 2 nitrogen and oxygen atoms in total. The first kappa shape index (κ1) is 10.6. The molecule has 1 aliphatic rings. The van der Waals surface area contributed by atoms with Gasteiger partial charge >= 0.3 is 0 Å². The van der Waals surface area contributed by atoms with Gasteiger partial charge in [-0.25, -0.2) is 0 Å². The lowest BCUT2D eigenvalue weighted by atomic mass is 9.81. The van der Waals surface area contributed by atoms with Gasteiger partial charge < -0.3 is 10.1 Å². The molecule has 2 heteroatoms. The van der Waals surface area contributed by atoms with E-state index < -0.39 is 0 Å². The smallest absolute Gasteiger partial charge is 0.0962 e. The minimum atomic E-state index is 0.227. The molecule has 0 aromatic carbocycles. The van der Waals surface area contributed by atoms with Crippen LogP contribution in [0.25, 0.3) is 0 Å². The monoisotopic (exact) mass is 183 g/mol. The molecule has 0 bridgehead atoms. The molecule has 0 spiro atoms. The Morgan fingerprint density at radius 2 is 2.31 bits per heavy atom. The summed E-state index contributed by atoms with van der Waals surface area (Å²) in [6, 6.07) is 0. The minimum absolute atomic E-state index is 0.227. The van der Waals surface area contributed by atoms with Gasteiger partial charge in [-0.05, 0) is 26.3 Å². The van der Waals surface area contributed by atoms with Crippen molar-refractivity contribution in [2.45, 2.75) is 33.1 Å². The number of hydrogen-bond acceptors (Lipinski definition) is 2. The fraction of sp³-hybridized carbons (Fsp3) is 0.818. The summed E-state index contributed by atoms with van der Waals surface area (Å²) in [5, 5.41) is 3.40. The number of nitrogens with one attached hydrogen (secondary N) is 1. The number of ether oxygens (including phenoxy) is 1. The van der Waals surface area contributed by atoms with Crippen molar-refractivity contribution in [3.8, 4) is 0 Å². The SMILES string of the molecule is C=C(OCC)C1(CCC)CCNC1. The molecule has 0 aromatic heterocycles. The second-order valence-corrected chi connectivity index (χ2v) is 3.81. The van der Waals surface area contributed by atoms with Crippen molar-refractivity contribution >= 4 is 0 Å². The first-order chi connectivity index (χ1) is 6.25. The minimum Gasteiger partial charge on any atom is -0.498 e. The molecular formula is C11H21NO. The second-order valence-electron chi connectivity index (χ2n) is 3.81. The fourth-order valence-electron chi connectivity index (χ4n) is 2.14.